The van der Waals surface area contributed by atoms with Gasteiger partial charge >= 0.3 is 0 Å². The Morgan fingerprint density at radius 1 is 0.800 bits per heavy atom. The molecule has 0 spiro atoms. The van der Waals surface area contributed by atoms with Gasteiger partial charge in [0.1, 0.15) is 12.1 Å². The van der Waals surface area contributed by atoms with Crippen molar-refractivity contribution in [3.05, 3.63) is 57.1 Å². The van der Waals surface area contributed by atoms with E-state index in [-0.39, 0.29) is 0 Å². The van der Waals surface area contributed by atoms with Gasteiger partial charge in [-0.15, -0.1) is 0 Å². The standard InChI is InChI=1S/C32H39BrN2/c1-3-5-7-9-24-10-12-26(28(23-35)27(24)22-34)25-11-13-29(30(33)21-25)32-18-15-31(16-19-32,17-20-32)14-8-6-4-2/h10-13,21H,3-9,14-20H2,1-2H3. The molecule has 3 aliphatic carbocycles. The number of benzene rings is 2. The number of fused-ring (bicyclic) bond motifs is 3. The van der Waals surface area contributed by atoms with E-state index in [1.807, 2.05) is 6.07 Å². The SMILES string of the molecule is CCCCCc1ccc(-c2ccc(C34CCC(CCCCC)(CC3)CC4)c(Br)c2)c(C#N)c1C#N. The minimum Gasteiger partial charge on any atom is -0.192 e. The van der Waals surface area contributed by atoms with Crippen LogP contribution in [0.4, 0.5) is 0 Å². The molecule has 3 heteroatoms. The fourth-order valence-corrected chi connectivity index (χ4v) is 7.61. The van der Waals surface area contributed by atoms with E-state index in [1.54, 1.807) is 0 Å². The lowest BCUT2D eigenvalue weighted by Gasteiger charge is -2.54. The van der Waals surface area contributed by atoms with Crippen LogP contribution in [-0.4, -0.2) is 0 Å². The molecular formula is C32H39BrN2. The second-order valence-electron chi connectivity index (χ2n) is 11.1. The normalized spacial score (nSPS) is 23.1. The van der Waals surface area contributed by atoms with Gasteiger partial charge in [0.2, 0.25) is 0 Å². The van der Waals surface area contributed by atoms with Crippen LogP contribution in [0, 0.1) is 28.1 Å². The Balaban J connectivity index is 1.58. The number of nitriles is 2. The third-order valence-electron chi connectivity index (χ3n) is 9.13. The molecule has 2 aromatic rings. The van der Waals surface area contributed by atoms with Crippen molar-refractivity contribution in [3.63, 3.8) is 0 Å². The minimum atomic E-state index is 0.295. The monoisotopic (exact) mass is 530 g/mol. The highest BCUT2D eigenvalue weighted by Gasteiger charge is 2.49. The van der Waals surface area contributed by atoms with Crippen molar-refractivity contribution in [1.29, 1.82) is 10.5 Å². The molecule has 3 fully saturated rings. The maximum Gasteiger partial charge on any atom is 0.101 e. The minimum absolute atomic E-state index is 0.295. The first-order valence-electron chi connectivity index (χ1n) is 13.8. The Bertz CT molecular complexity index is 1110. The Morgan fingerprint density at radius 3 is 2.06 bits per heavy atom. The Morgan fingerprint density at radius 2 is 1.46 bits per heavy atom. The van der Waals surface area contributed by atoms with E-state index in [2.05, 4.69) is 66.2 Å². The summed E-state index contributed by atoms with van der Waals surface area (Å²) in [5.41, 5.74) is 6.31. The molecule has 0 atom stereocenters. The van der Waals surface area contributed by atoms with Crippen molar-refractivity contribution >= 4 is 15.9 Å². The Hall–Kier alpha value is -2.10. The number of rotatable bonds is 10. The number of unbranched alkanes of at least 4 members (excludes halogenated alkanes) is 4. The predicted molar refractivity (Wildman–Crippen MR) is 148 cm³/mol. The lowest BCUT2D eigenvalue weighted by atomic mass is 9.51. The van der Waals surface area contributed by atoms with E-state index in [4.69, 9.17) is 0 Å². The summed E-state index contributed by atoms with van der Waals surface area (Å²) in [7, 11) is 0. The van der Waals surface area contributed by atoms with Gasteiger partial charge in [-0.2, -0.15) is 10.5 Å². The molecule has 3 aliphatic rings. The molecule has 0 saturated heterocycles. The second-order valence-corrected chi connectivity index (χ2v) is 12.0. The molecular weight excluding hydrogens is 492 g/mol. The summed E-state index contributed by atoms with van der Waals surface area (Å²) >= 11 is 3.93. The zero-order chi connectivity index (χ0) is 24.9. The molecule has 5 rings (SSSR count). The van der Waals surface area contributed by atoms with E-state index in [0.29, 0.717) is 22.0 Å². The number of halogens is 1. The first-order chi connectivity index (χ1) is 17.0. The third kappa shape index (κ3) is 5.22. The Labute approximate surface area is 220 Å². The zero-order valence-electron chi connectivity index (χ0n) is 21.6. The lowest BCUT2D eigenvalue weighted by molar-refractivity contribution is 0.0302. The predicted octanol–water partition coefficient (Wildman–Crippen LogP) is 9.76. The van der Waals surface area contributed by atoms with Crippen LogP contribution in [0.1, 0.15) is 120 Å². The largest absolute Gasteiger partial charge is 0.192 e. The fraction of sp³-hybridized carbons (Fsp3) is 0.562. The molecule has 0 aromatic heterocycles. The molecule has 0 heterocycles. The van der Waals surface area contributed by atoms with Crippen molar-refractivity contribution < 1.29 is 0 Å². The molecule has 184 valence electrons. The molecule has 2 nitrogen and oxygen atoms in total. The fourth-order valence-electron chi connectivity index (χ4n) is 6.81. The summed E-state index contributed by atoms with van der Waals surface area (Å²) in [6.45, 7) is 4.48. The van der Waals surface area contributed by atoms with Gasteiger partial charge in [-0.25, -0.2) is 0 Å². The van der Waals surface area contributed by atoms with Crippen molar-refractivity contribution in [2.45, 2.75) is 109 Å². The lowest BCUT2D eigenvalue weighted by Crippen LogP contribution is -2.44. The molecule has 0 unspecified atom stereocenters. The quantitative estimate of drug-likeness (QED) is 0.287. The summed E-state index contributed by atoms with van der Waals surface area (Å²) in [6, 6.07) is 15.5. The summed E-state index contributed by atoms with van der Waals surface area (Å²) in [4.78, 5) is 0. The molecule has 2 bridgehead atoms. The van der Waals surface area contributed by atoms with Crippen molar-refractivity contribution in [1.82, 2.24) is 0 Å². The van der Waals surface area contributed by atoms with Crippen LogP contribution < -0.4 is 0 Å². The molecule has 35 heavy (non-hydrogen) atoms. The summed E-state index contributed by atoms with van der Waals surface area (Å²) < 4.78 is 1.16. The zero-order valence-corrected chi connectivity index (χ0v) is 23.1. The Kier molecular flexibility index (Phi) is 8.39. The maximum absolute atomic E-state index is 9.99. The van der Waals surface area contributed by atoms with Crippen molar-refractivity contribution in [2.75, 3.05) is 0 Å². The van der Waals surface area contributed by atoms with Crippen LogP contribution >= 0.6 is 15.9 Å². The van der Waals surface area contributed by atoms with Crippen molar-refractivity contribution in [3.8, 4) is 23.3 Å². The van der Waals surface area contributed by atoms with Gasteiger partial charge in [-0.3, -0.25) is 0 Å². The van der Waals surface area contributed by atoms with Gasteiger partial charge in [-0.05, 0) is 91.4 Å². The van der Waals surface area contributed by atoms with Crippen LogP contribution in [0.2, 0.25) is 0 Å². The van der Waals surface area contributed by atoms with Crippen molar-refractivity contribution in [2.24, 2.45) is 5.41 Å². The van der Waals surface area contributed by atoms with E-state index in [0.717, 1.165) is 46.8 Å². The van der Waals surface area contributed by atoms with Gasteiger partial charge in [0.15, 0.2) is 0 Å². The van der Waals surface area contributed by atoms with Gasteiger partial charge in [0.05, 0.1) is 11.1 Å². The van der Waals surface area contributed by atoms with Crippen LogP contribution in [0.3, 0.4) is 0 Å². The number of aryl methyl sites for hydroxylation is 1. The van der Waals surface area contributed by atoms with E-state index in [1.165, 1.54) is 69.8 Å². The molecule has 2 aromatic carbocycles. The first kappa shape index (κ1) is 26.0. The van der Waals surface area contributed by atoms with Crippen LogP contribution in [0.15, 0.2) is 34.8 Å². The smallest absolute Gasteiger partial charge is 0.101 e. The molecule has 0 aliphatic heterocycles. The molecule has 0 radical (unpaired) electrons. The highest BCUT2D eigenvalue weighted by Crippen LogP contribution is 2.60. The highest BCUT2D eigenvalue weighted by atomic mass is 79.9. The average Bonchev–Trinajstić information content (AvgIpc) is 2.89. The topological polar surface area (TPSA) is 47.6 Å². The van der Waals surface area contributed by atoms with Gasteiger partial charge in [0.25, 0.3) is 0 Å². The van der Waals surface area contributed by atoms with Crippen LogP contribution in [0.5, 0.6) is 0 Å². The number of nitrogens with zero attached hydrogens (tertiary/aromatic N) is 2. The first-order valence-corrected chi connectivity index (χ1v) is 14.6. The maximum atomic E-state index is 9.99. The van der Waals surface area contributed by atoms with Crippen LogP contribution in [0.25, 0.3) is 11.1 Å². The second kappa shape index (κ2) is 11.3. The number of hydrogen-bond donors (Lipinski definition) is 0. The summed E-state index contributed by atoms with van der Waals surface area (Å²) in [5.74, 6) is 0. The third-order valence-corrected chi connectivity index (χ3v) is 9.78. The number of hydrogen-bond acceptors (Lipinski definition) is 2. The molecule has 0 N–H and O–H groups in total. The van der Waals surface area contributed by atoms with Gasteiger partial charge in [0, 0.05) is 10.0 Å². The average molecular weight is 532 g/mol. The molecule has 0 amide bonds. The van der Waals surface area contributed by atoms with E-state index < -0.39 is 0 Å². The van der Waals surface area contributed by atoms with Gasteiger partial charge < -0.3 is 0 Å². The summed E-state index contributed by atoms with van der Waals surface area (Å²) in [6.07, 6.45) is 17.7. The van der Waals surface area contributed by atoms with E-state index in [9.17, 15) is 10.5 Å². The van der Waals surface area contributed by atoms with Crippen LogP contribution in [-0.2, 0) is 11.8 Å². The summed E-state index contributed by atoms with van der Waals surface area (Å²) in [5, 5.41) is 19.9. The van der Waals surface area contributed by atoms with E-state index >= 15 is 0 Å². The molecule has 3 saturated carbocycles. The highest BCUT2D eigenvalue weighted by molar-refractivity contribution is 9.10. The van der Waals surface area contributed by atoms with Gasteiger partial charge in [-0.1, -0.05) is 86.1 Å².